The topological polar surface area (TPSA) is 148 Å². The quantitative estimate of drug-likeness (QED) is 0.0321. The van der Waals surface area contributed by atoms with E-state index in [0.717, 1.165) is 91.2 Å². The summed E-state index contributed by atoms with van der Waals surface area (Å²) < 4.78 is 96.2. The summed E-state index contributed by atoms with van der Waals surface area (Å²) in [6, 6.07) is 43.8. The third-order valence-corrected chi connectivity index (χ3v) is 19.6. The van der Waals surface area contributed by atoms with E-state index in [1.807, 2.05) is 168 Å². The molecule has 490 valence electrons. The summed E-state index contributed by atoms with van der Waals surface area (Å²) in [7, 11) is -1.37. The Balaban J connectivity index is 0.000000175. The van der Waals surface area contributed by atoms with Crippen LogP contribution in [-0.2, 0) is 46.9 Å². The lowest BCUT2D eigenvalue weighted by atomic mass is 9.49. The number of benzene rings is 6. The van der Waals surface area contributed by atoms with Crippen LogP contribution >= 0.6 is 38.6 Å². The third kappa shape index (κ3) is 17.0. The largest absolute Gasteiger partial charge is 0.494 e. The molecule has 6 aromatic carbocycles. The molecule has 3 aliphatic heterocycles. The van der Waals surface area contributed by atoms with Crippen LogP contribution in [0.1, 0.15) is 111 Å². The summed E-state index contributed by atoms with van der Waals surface area (Å²) in [6.45, 7) is 35.5. The van der Waals surface area contributed by atoms with Crippen LogP contribution in [-0.4, -0.2) is 108 Å². The Labute approximate surface area is 560 Å². The first-order chi connectivity index (χ1) is 43.8. The molecule has 2 aromatic heterocycles. The van der Waals surface area contributed by atoms with E-state index in [9.17, 15) is 0 Å². The van der Waals surface area contributed by atoms with Gasteiger partial charge in [0.2, 0.25) is 0 Å². The molecule has 22 heteroatoms. The van der Waals surface area contributed by atoms with Gasteiger partial charge in [-0.3, -0.25) is 0 Å². The van der Waals surface area contributed by atoms with E-state index in [0.29, 0.717) is 32.2 Å². The van der Waals surface area contributed by atoms with Gasteiger partial charge >= 0.3 is 21.1 Å². The van der Waals surface area contributed by atoms with Crippen molar-refractivity contribution < 1.29 is 75.3 Å². The molecule has 92 heavy (non-hydrogen) atoms. The van der Waals surface area contributed by atoms with Gasteiger partial charge in [0.1, 0.15) is 34.5 Å². The van der Waals surface area contributed by atoms with Crippen LogP contribution in [0.25, 0.3) is 42.4 Å². The molecule has 0 radical (unpaired) electrons. The Morgan fingerprint density at radius 2 is 0.652 bits per heavy atom. The standard InChI is InChI=1S/C32H37BO7S.C26H25BrO5S.C12H24B2O4/c1-7-34-20-36-24-13-15-25(16-14-24)38-30-29(27-18-17-26(19-28(27)41-30)37-21-35-8-2)22-9-11-23(12-10-22)33-39-31(3,4)32(5,6)40-33;1-3-28-16-30-20-9-11-21(12-10-20)32-26-25(18-5-7-19(27)8-6-18)23-14-13-22(15-24(23)33-26)31-17-29-4-2;1-9(2)10(3,4)16-13(15-9)14-17-11(5,6)12(7,8)18-14/h9-19H,7-8,20-21H2,1-6H3;5-15H,3-4,16-17H2,1-2H3;1-8H3. The molecule has 0 amide bonds. The van der Waals surface area contributed by atoms with Crippen molar-refractivity contribution in [2.45, 2.75) is 144 Å². The summed E-state index contributed by atoms with van der Waals surface area (Å²) in [5.74, 6) is 4.41. The molecule has 3 fully saturated rings. The first-order valence-corrected chi connectivity index (χ1v) is 33.6. The Morgan fingerprint density at radius 1 is 0.359 bits per heavy atom. The molecule has 0 bridgehead atoms. The van der Waals surface area contributed by atoms with Crippen molar-refractivity contribution in [3.63, 3.8) is 0 Å². The van der Waals surface area contributed by atoms with Gasteiger partial charge in [-0.2, -0.15) is 0 Å². The van der Waals surface area contributed by atoms with Crippen LogP contribution in [0.2, 0.25) is 0 Å². The molecule has 11 rings (SSSR count). The maximum absolute atomic E-state index is 6.47. The van der Waals surface area contributed by atoms with E-state index in [2.05, 4.69) is 92.2 Å². The highest BCUT2D eigenvalue weighted by Crippen LogP contribution is 2.50. The first-order valence-electron chi connectivity index (χ1n) is 31.2. The molecule has 0 spiro atoms. The molecule has 8 aromatic rings. The average Bonchev–Trinajstić information content (AvgIpc) is 1.62. The molecule has 0 unspecified atom stereocenters. The van der Waals surface area contributed by atoms with Gasteiger partial charge < -0.3 is 75.3 Å². The highest BCUT2D eigenvalue weighted by Gasteiger charge is 2.64. The molecule has 16 nitrogen and oxygen atoms in total. The highest BCUT2D eigenvalue weighted by molar-refractivity contribution is 9.10. The predicted molar refractivity (Wildman–Crippen MR) is 372 cm³/mol. The van der Waals surface area contributed by atoms with E-state index < -0.39 is 32.3 Å². The van der Waals surface area contributed by atoms with Gasteiger partial charge in [-0.05, 0) is 224 Å². The fourth-order valence-corrected chi connectivity index (χ4v) is 12.1. The molecule has 3 saturated heterocycles. The van der Waals surface area contributed by atoms with E-state index in [1.54, 1.807) is 22.7 Å². The number of fused-ring (bicyclic) bond motifs is 2. The van der Waals surface area contributed by atoms with Gasteiger partial charge in [0.05, 0.1) is 33.6 Å². The van der Waals surface area contributed by atoms with Crippen molar-refractivity contribution in [1.29, 1.82) is 0 Å². The Bertz CT molecular complexity index is 3590. The number of hydrogen-bond donors (Lipinski definition) is 0. The molecule has 0 saturated carbocycles. The second-order valence-electron chi connectivity index (χ2n) is 25.0. The van der Waals surface area contributed by atoms with Crippen LogP contribution < -0.4 is 33.9 Å². The molecule has 0 aliphatic carbocycles. The molecule has 3 aliphatic rings. The molecule has 0 atom stereocenters. The van der Waals surface area contributed by atoms with Crippen molar-refractivity contribution in [2.75, 3.05) is 53.6 Å². The van der Waals surface area contributed by atoms with Crippen molar-refractivity contribution in [1.82, 2.24) is 0 Å². The normalized spacial score (nSPS) is 17.2. The first kappa shape index (κ1) is 70.6. The van der Waals surface area contributed by atoms with Crippen molar-refractivity contribution in [2.24, 2.45) is 0 Å². The summed E-state index contributed by atoms with van der Waals surface area (Å²) in [4.78, 5) is 0. The van der Waals surface area contributed by atoms with Crippen LogP contribution in [0.15, 0.2) is 138 Å². The van der Waals surface area contributed by atoms with Gasteiger partial charge in [-0.25, -0.2) is 0 Å². The Hall–Kier alpha value is -5.69. The third-order valence-electron chi connectivity index (χ3n) is 17.0. The number of rotatable bonds is 24. The van der Waals surface area contributed by atoms with E-state index in [-0.39, 0.29) is 49.6 Å². The van der Waals surface area contributed by atoms with Gasteiger partial charge in [-0.15, -0.1) is 0 Å². The van der Waals surface area contributed by atoms with Crippen LogP contribution in [0.3, 0.4) is 0 Å². The summed E-state index contributed by atoms with van der Waals surface area (Å²) in [6.07, 6.45) is 0. The van der Waals surface area contributed by atoms with Crippen LogP contribution in [0.4, 0.5) is 0 Å². The number of hydrogen-bond acceptors (Lipinski definition) is 18. The van der Waals surface area contributed by atoms with Gasteiger partial charge in [0.15, 0.2) is 37.3 Å². The number of ether oxygens (including phenoxy) is 10. The minimum absolute atomic E-state index is 0.210. The fourth-order valence-electron chi connectivity index (χ4n) is 9.58. The minimum Gasteiger partial charge on any atom is -0.468 e. The lowest BCUT2D eigenvalue weighted by Gasteiger charge is -2.32. The molecule has 5 heterocycles. The van der Waals surface area contributed by atoms with Crippen molar-refractivity contribution in [3.8, 4) is 66.9 Å². The Kier molecular flexibility index (Phi) is 23.3. The van der Waals surface area contributed by atoms with Gasteiger partial charge in [0, 0.05) is 62.2 Å². The van der Waals surface area contributed by atoms with E-state index in [4.69, 9.17) is 75.3 Å². The summed E-state index contributed by atoms with van der Waals surface area (Å²) >= 11 is 6.68. The zero-order valence-electron chi connectivity index (χ0n) is 55.8. The summed E-state index contributed by atoms with van der Waals surface area (Å²) in [5.41, 5.74) is 2.92. The minimum atomic E-state index is -0.476. The van der Waals surface area contributed by atoms with E-state index >= 15 is 0 Å². The average molecular weight is 1360 g/mol. The Morgan fingerprint density at radius 3 is 0.989 bits per heavy atom. The second kappa shape index (κ2) is 30.4. The second-order valence-corrected chi connectivity index (χ2v) is 27.9. The SMILES string of the molecule is CC1(C)OB(B2OC(C)(C)C(C)(C)O2)OC1(C)C.CCOCOc1ccc(Oc2sc3cc(OCOCC)ccc3c2-c2ccc(B3OC(C)(C)C(C)(C)O3)cc2)cc1.CCOCOc1ccc(Oc2sc3cc(OCOCC)ccc3c2-c2ccc(Br)cc2)cc1. The van der Waals surface area contributed by atoms with Gasteiger partial charge in [0.25, 0.3) is 0 Å². The predicted octanol–water partition coefficient (Wildman–Crippen LogP) is 17.5. The fraction of sp³-hybridized carbons (Fsp3) is 0.429. The number of thiophene rings is 2. The zero-order valence-corrected chi connectivity index (χ0v) is 59.0. The van der Waals surface area contributed by atoms with E-state index in [1.165, 1.54) is 0 Å². The lowest BCUT2D eigenvalue weighted by molar-refractivity contribution is 0.00578. The maximum Gasteiger partial charge on any atom is 0.494 e. The molecular formula is C70H86B3BrO16S2. The van der Waals surface area contributed by atoms with Crippen molar-refractivity contribution in [3.05, 3.63) is 138 Å². The lowest BCUT2D eigenvalue weighted by Crippen LogP contribution is -2.41. The van der Waals surface area contributed by atoms with Gasteiger partial charge in [-0.1, -0.05) is 75.0 Å². The number of halogens is 1. The zero-order chi connectivity index (χ0) is 66.1. The van der Waals surface area contributed by atoms with Crippen molar-refractivity contribution >= 4 is 85.4 Å². The highest BCUT2D eigenvalue weighted by atomic mass is 79.9. The smallest absolute Gasteiger partial charge is 0.468 e. The van der Waals surface area contributed by atoms with Crippen LogP contribution in [0, 0.1) is 0 Å². The molecular weight excluding hydrogens is 1270 g/mol. The molecule has 0 N–H and O–H groups in total. The summed E-state index contributed by atoms with van der Waals surface area (Å²) in [5, 5.41) is 3.79. The van der Waals surface area contributed by atoms with Crippen LogP contribution in [0.5, 0.6) is 44.6 Å². The monoisotopic (exact) mass is 1360 g/mol. The maximum atomic E-state index is 6.47.